The van der Waals surface area contributed by atoms with Crippen LogP contribution in [0.2, 0.25) is 4.34 Å². The maximum absolute atomic E-state index is 12.8. The molecule has 1 aromatic carbocycles. The maximum Gasteiger partial charge on any atom is 0.255 e. The zero-order chi connectivity index (χ0) is 16.8. The standard InChI is InChI=1S/C16H17ClN2O2S2/c1-2-19(9-11-7-8-14(17)23-11)16(21)12-5-3-4-6-13(12)22-10-15(18)20/h3-8H,2,9-10H2,1H3,(H2,18,20). The van der Waals surface area contributed by atoms with Crippen molar-refractivity contribution in [3.8, 4) is 0 Å². The highest BCUT2D eigenvalue weighted by atomic mass is 35.5. The van der Waals surface area contributed by atoms with Gasteiger partial charge in [-0.2, -0.15) is 0 Å². The minimum atomic E-state index is -0.405. The van der Waals surface area contributed by atoms with Crippen LogP contribution in [0.4, 0.5) is 0 Å². The van der Waals surface area contributed by atoms with Crippen molar-refractivity contribution in [2.24, 2.45) is 5.73 Å². The molecule has 7 heteroatoms. The summed E-state index contributed by atoms with van der Waals surface area (Å²) < 4.78 is 0.709. The summed E-state index contributed by atoms with van der Waals surface area (Å²) in [6.45, 7) is 3.04. The van der Waals surface area contributed by atoms with Crippen LogP contribution in [0.5, 0.6) is 0 Å². The van der Waals surface area contributed by atoms with Crippen LogP contribution < -0.4 is 5.73 Å². The van der Waals surface area contributed by atoms with Crippen molar-refractivity contribution in [1.29, 1.82) is 0 Å². The lowest BCUT2D eigenvalue weighted by atomic mass is 10.2. The van der Waals surface area contributed by atoms with Crippen molar-refractivity contribution < 1.29 is 9.59 Å². The van der Waals surface area contributed by atoms with Crippen LogP contribution in [0.25, 0.3) is 0 Å². The van der Waals surface area contributed by atoms with Gasteiger partial charge in [0.1, 0.15) is 0 Å². The number of halogens is 1. The van der Waals surface area contributed by atoms with Gasteiger partial charge in [0, 0.05) is 16.3 Å². The van der Waals surface area contributed by atoms with E-state index in [1.807, 2.05) is 37.3 Å². The maximum atomic E-state index is 12.8. The number of thioether (sulfide) groups is 1. The fourth-order valence-corrected chi connectivity index (χ4v) is 3.93. The molecule has 1 heterocycles. The molecule has 2 rings (SSSR count). The van der Waals surface area contributed by atoms with E-state index < -0.39 is 5.91 Å². The lowest BCUT2D eigenvalue weighted by Gasteiger charge is -2.21. The van der Waals surface area contributed by atoms with E-state index in [4.69, 9.17) is 17.3 Å². The zero-order valence-corrected chi connectivity index (χ0v) is 15.0. The molecule has 23 heavy (non-hydrogen) atoms. The summed E-state index contributed by atoms with van der Waals surface area (Å²) in [5.74, 6) is -0.320. The summed E-state index contributed by atoms with van der Waals surface area (Å²) in [6.07, 6.45) is 0. The number of primary amides is 1. The highest BCUT2D eigenvalue weighted by Crippen LogP contribution is 2.26. The van der Waals surface area contributed by atoms with Gasteiger partial charge in [0.25, 0.3) is 5.91 Å². The Bertz CT molecular complexity index is 703. The van der Waals surface area contributed by atoms with Crippen LogP contribution >= 0.6 is 34.7 Å². The zero-order valence-electron chi connectivity index (χ0n) is 12.6. The molecule has 4 nitrogen and oxygen atoms in total. The van der Waals surface area contributed by atoms with Crippen LogP contribution in [0.1, 0.15) is 22.2 Å². The van der Waals surface area contributed by atoms with Gasteiger partial charge in [0.2, 0.25) is 5.91 Å². The number of hydrogen-bond acceptors (Lipinski definition) is 4. The Morgan fingerprint density at radius 1 is 1.26 bits per heavy atom. The van der Waals surface area contributed by atoms with E-state index in [1.54, 1.807) is 11.0 Å². The van der Waals surface area contributed by atoms with E-state index in [1.165, 1.54) is 23.1 Å². The molecule has 0 bridgehead atoms. The predicted molar refractivity (Wildman–Crippen MR) is 96.1 cm³/mol. The van der Waals surface area contributed by atoms with Gasteiger partial charge in [-0.05, 0) is 31.2 Å². The van der Waals surface area contributed by atoms with Gasteiger partial charge in [-0.3, -0.25) is 9.59 Å². The number of nitrogens with two attached hydrogens (primary N) is 1. The van der Waals surface area contributed by atoms with E-state index in [0.717, 1.165) is 9.77 Å². The molecule has 1 aromatic heterocycles. The second-order valence-corrected chi connectivity index (χ2v) is 7.59. The van der Waals surface area contributed by atoms with Crippen LogP contribution in [0.3, 0.4) is 0 Å². The average molecular weight is 369 g/mol. The number of rotatable bonds is 7. The quantitative estimate of drug-likeness (QED) is 0.759. The highest BCUT2D eigenvalue weighted by molar-refractivity contribution is 8.00. The van der Waals surface area contributed by atoms with Gasteiger partial charge in [-0.1, -0.05) is 23.7 Å². The number of hydrogen-bond donors (Lipinski definition) is 1. The van der Waals surface area contributed by atoms with Crippen molar-refractivity contribution in [3.63, 3.8) is 0 Å². The van der Waals surface area contributed by atoms with Crippen LogP contribution in [0.15, 0.2) is 41.3 Å². The molecule has 2 N–H and O–H groups in total. The van der Waals surface area contributed by atoms with Gasteiger partial charge < -0.3 is 10.6 Å². The molecular formula is C16H17ClN2O2S2. The van der Waals surface area contributed by atoms with Crippen LogP contribution in [0, 0.1) is 0 Å². The smallest absolute Gasteiger partial charge is 0.255 e. The Labute approximate surface area is 148 Å². The minimum absolute atomic E-state index is 0.0652. The third kappa shape index (κ3) is 4.99. The molecule has 2 amide bonds. The first kappa shape index (κ1) is 17.8. The largest absolute Gasteiger partial charge is 0.369 e. The average Bonchev–Trinajstić information content (AvgIpc) is 2.95. The number of benzene rings is 1. The van der Waals surface area contributed by atoms with E-state index in [2.05, 4.69) is 0 Å². The Morgan fingerprint density at radius 2 is 2.00 bits per heavy atom. The molecule has 0 aliphatic carbocycles. The topological polar surface area (TPSA) is 63.4 Å². The Morgan fingerprint density at radius 3 is 2.61 bits per heavy atom. The van der Waals surface area contributed by atoms with Crippen molar-refractivity contribution in [2.45, 2.75) is 18.4 Å². The van der Waals surface area contributed by atoms with Gasteiger partial charge in [0.05, 0.1) is 22.2 Å². The summed E-state index contributed by atoms with van der Waals surface area (Å²) >= 11 is 8.70. The molecular weight excluding hydrogens is 352 g/mol. The Balaban J connectivity index is 2.18. The summed E-state index contributed by atoms with van der Waals surface area (Å²) in [6, 6.07) is 11.0. The van der Waals surface area contributed by atoms with Crippen molar-refractivity contribution >= 4 is 46.5 Å². The van der Waals surface area contributed by atoms with E-state index in [9.17, 15) is 9.59 Å². The molecule has 0 fully saturated rings. The second kappa shape index (κ2) is 8.38. The molecule has 0 atom stereocenters. The summed E-state index contributed by atoms with van der Waals surface area (Å²) in [5, 5.41) is 0. The molecule has 0 saturated heterocycles. The number of amides is 2. The van der Waals surface area contributed by atoms with Gasteiger partial charge >= 0.3 is 0 Å². The number of thiophene rings is 1. The van der Waals surface area contributed by atoms with Crippen LogP contribution in [-0.4, -0.2) is 29.0 Å². The molecule has 2 aromatic rings. The Hall–Kier alpha value is -1.50. The third-order valence-corrected chi connectivity index (χ3v) is 5.44. The summed E-state index contributed by atoms with van der Waals surface area (Å²) in [4.78, 5) is 27.4. The normalized spacial score (nSPS) is 10.5. The van der Waals surface area contributed by atoms with Crippen molar-refractivity contribution in [1.82, 2.24) is 4.90 Å². The Kier molecular flexibility index (Phi) is 6.50. The summed E-state index contributed by atoms with van der Waals surface area (Å²) in [5.41, 5.74) is 5.78. The molecule has 0 unspecified atom stereocenters. The SMILES string of the molecule is CCN(Cc1ccc(Cl)s1)C(=O)c1ccccc1SCC(N)=O. The third-order valence-electron chi connectivity index (χ3n) is 3.13. The number of carbonyl (C=O) groups is 2. The first-order valence-corrected chi connectivity index (χ1v) is 9.23. The van der Waals surface area contributed by atoms with Gasteiger partial charge in [-0.25, -0.2) is 0 Å². The summed E-state index contributed by atoms with van der Waals surface area (Å²) in [7, 11) is 0. The molecule has 0 aliphatic heterocycles. The van der Waals surface area contributed by atoms with Gasteiger partial charge in [0.15, 0.2) is 0 Å². The fourth-order valence-electron chi connectivity index (χ4n) is 2.04. The van der Waals surface area contributed by atoms with E-state index in [-0.39, 0.29) is 11.7 Å². The fraction of sp³-hybridized carbons (Fsp3) is 0.250. The van der Waals surface area contributed by atoms with E-state index in [0.29, 0.717) is 23.0 Å². The lowest BCUT2D eigenvalue weighted by Crippen LogP contribution is -2.30. The van der Waals surface area contributed by atoms with Crippen molar-refractivity contribution in [3.05, 3.63) is 51.2 Å². The lowest BCUT2D eigenvalue weighted by molar-refractivity contribution is -0.115. The minimum Gasteiger partial charge on any atom is -0.369 e. The van der Waals surface area contributed by atoms with Crippen LogP contribution in [-0.2, 0) is 11.3 Å². The number of nitrogens with zero attached hydrogens (tertiary/aromatic N) is 1. The molecule has 0 aliphatic rings. The predicted octanol–water partition coefficient (Wildman–Crippen LogP) is 3.64. The van der Waals surface area contributed by atoms with E-state index >= 15 is 0 Å². The first-order chi connectivity index (χ1) is 11.0. The molecule has 0 radical (unpaired) electrons. The molecule has 0 saturated carbocycles. The second-order valence-electron chi connectivity index (χ2n) is 4.78. The van der Waals surface area contributed by atoms with Crippen molar-refractivity contribution in [2.75, 3.05) is 12.3 Å². The number of carbonyl (C=O) groups excluding carboxylic acids is 2. The monoisotopic (exact) mass is 368 g/mol. The first-order valence-electron chi connectivity index (χ1n) is 7.05. The highest BCUT2D eigenvalue weighted by Gasteiger charge is 2.19. The van der Waals surface area contributed by atoms with Gasteiger partial charge in [-0.15, -0.1) is 23.1 Å². The molecule has 0 spiro atoms. The molecule has 122 valence electrons.